The monoisotopic (exact) mass is 248 g/mol. The number of nitrogens with one attached hydrogen (secondary N) is 1. The van der Waals surface area contributed by atoms with Crippen molar-refractivity contribution in [2.24, 2.45) is 0 Å². The molecule has 0 fully saturated rings. The molecule has 1 N–H and O–H groups in total. The molecule has 0 aliphatic heterocycles. The van der Waals surface area contributed by atoms with Gasteiger partial charge in [-0.15, -0.1) is 11.3 Å². The van der Waals surface area contributed by atoms with Gasteiger partial charge in [-0.1, -0.05) is 0 Å². The van der Waals surface area contributed by atoms with Gasteiger partial charge >= 0.3 is 0 Å². The zero-order valence-corrected chi connectivity index (χ0v) is 9.92. The van der Waals surface area contributed by atoms with Gasteiger partial charge in [0, 0.05) is 12.1 Å². The summed E-state index contributed by atoms with van der Waals surface area (Å²) in [6, 6.07) is 0. The molecular weight excluding hydrogens is 236 g/mol. The van der Waals surface area contributed by atoms with Gasteiger partial charge in [0.15, 0.2) is 0 Å². The second-order valence-corrected chi connectivity index (χ2v) is 6.16. The maximum atomic E-state index is 4.23. The second kappa shape index (κ2) is 3.85. The molecule has 0 atom stereocenters. The predicted molar refractivity (Wildman–Crippen MR) is 56.4 cm³/mol. The molecule has 0 aromatic carbocycles. The topological polar surface area (TPSA) is 24.9 Å². The Morgan fingerprint density at radius 3 is 2.67 bits per heavy atom. The number of halogens is 1. The lowest BCUT2D eigenvalue weighted by Crippen LogP contribution is -2.34. The van der Waals surface area contributed by atoms with Crippen molar-refractivity contribution in [2.75, 3.05) is 0 Å². The van der Waals surface area contributed by atoms with Gasteiger partial charge in [-0.3, -0.25) is 0 Å². The van der Waals surface area contributed by atoms with E-state index in [0.717, 1.165) is 15.3 Å². The Morgan fingerprint density at radius 2 is 2.25 bits per heavy atom. The van der Waals surface area contributed by atoms with Gasteiger partial charge in [0.25, 0.3) is 0 Å². The first-order valence-corrected chi connectivity index (χ1v) is 5.43. The van der Waals surface area contributed by atoms with Gasteiger partial charge in [0.2, 0.25) is 0 Å². The van der Waals surface area contributed by atoms with Crippen LogP contribution in [0.4, 0.5) is 0 Å². The number of nitrogens with zero attached hydrogens (tertiary/aromatic N) is 1. The van der Waals surface area contributed by atoms with Crippen molar-refractivity contribution in [3.05, 3.63) is 15.0 Å². The molecule has 1 aromatic rings. The zero-order chi connectivity index (χ0) is 9.19. The number of hydrogen-bond acceptors (Lipinski definition) is 3. The minimum Gasteiger partial charge on any atom is -0.306 e. The summed E-state index contributed by atoms with van der Waals surface area (Å²) in [7, 11) is 0. The summed E-state index contributed by atoms with van der Waals surface area (Å²) in [5, 5.41) is 4.50. The fourth-order valence-electron chi connectivity index (χ4n) is 0.711. The van der Waals surface area contributed by atoms with Gasteiger partial charge in [-0.25, -0.2) is 4.98 Å². The van der Waals surface area contributed by atoms with Crippen molar-refractivity contribution < 1.29 is 0 Å². The van der Waals surface area contributed by atoms with E-state index in [4.69, 9.17) is 0 Å². The van der Waals surface area contributed by atoms with Gasteiger partial charge in [-0.2, -0.15) is 0 Å². The maximum Gasteiger partial charge on any atom is 0.107 e. The van der Waals surface area contributed by atoms with Crippen LogP contribution in [0.25, 0.3) is 0 Å². The maximum absolute atomic E-state index is 4.23. The van der Waals surface area contributed by atoms with Crippen LogP contribution in [0.15, 0.2) is 9.98 Å². The summed E-state index contributed by atoms with van der Waals surface area (Å²) >= 11 is 5.05. The number of aromatic nitrogens is 1. The van der Waals surface area contributed by atoms with Crippen LogP contribution >= 0.6 is 27.3 Å². The average molecular weight is 249 g/mol. The third-order valence-electron chi connectivity index (χ3n) is 1.30. The van der Waals surface area contributed by atoms with Crippen molar-refractivity contribution in [1.82, 2.24) is 10.3 Å². The van der Waals surface area contributed by atoms with Crippen LogP contribution in [-0.2, 0) is 6.54 Å². The van der Waals surface area contributed by atoms with Gasteiger partial charge < -0.3 is 5.32 Å². The largest absolute Gasteiger partial charge is 0.306 e. The van der Waals surface area contributed by atoms with Crippen LogP contribution in [0.1, 0.15) is 25.8 Å². The number of thiazole rings is 1. The Balaban J connectivity index is 2.44. The Labute approximate surface area is 85.5 Å². The van der Waals surface area contributed by atoms with Crippen molar-refractivity contribution in [3.63, 3.8) is 0 Å². The standard InChI is InChI=1S/C8H13BrN2S/c1-8(2,3)11-5-7-10-4-6(9)12-7/h4,11H,5H2,1-3H3. The van der Waals surface area contributed by atoms with Gasteiger partial charge in [0.1, 0.15) is 5.01 Å². The average Bonchev–Trinajstić information content (AvgIpc) is 2.30. The Hall–Kier alpha value is 0.0700. The summed E-state index contributed by atoms with van der Waals surface area (Å²) in [4.78, 5) is 4.23. The Morgan fingerprint density at radius 1 is 1.58 bits per heavy atom. The molecule has 0 radical (unpaired) electrons. The minimum atomic E-state index is 0.165. The van der Waals surface area contributed by atoms with E-state index in [0.29, 0.717) is 0 Å². The first-order chi connectivity index (χ1) is 5.47. The van der Waals surface area contributed by atoms with Crippen molar-refractivity contribution in [2.45, 2.75) is 32.9 Å². The summed E-state index contributed by atoms with van der Waals surface area (Å²) in [6.45, 7) is 7.29. The highest BCUT2D eigenvalue weighted by molar-refractivity contribution is 9.11. The quantitative estimate of drug-likeness (QED) is 0.871. The smallest absolute Gasteiger partial charge is 0.107 e. The van der Waals surface area contributed by atoms with Crippen molar-refractivity contribution in [3.8, 4) is 0 Å². The molecular formula is C8H13BrN2S. The van der Waals surface area contributed by atoms with E-state index in [1.165, 1.54) is 0 Å². The molecule has 1 heterocycles. The molecule has 2 nitrogen and oxygen atoms in total. The second-order valence-electron chi connectivity index (χ2n) is 3.66. The first-order valence-electron chi connectivity index (χ1n) is 3.82. The molecule has 4 heteroatoms. The molecule has 0 spiro atoms. The molecule has 1 rings (SSSR count). The first kappa shape index (κ1) is 10.2. The summed E-state index contributed by atoms with van der Waals surface area (Å²) in [5.74, 6) is 0. The zero-order valence-electron chi connectivity index (χ0n) is 7.52. The van der Waals surface area contributed by atoms with Gasteiger partial charge in [-0.05, 0) is 36.7 Å². The van der Waals surface area contributed by atoms with E-state index in [1.807, 2.05) is 6.20 Å². The van der Waals surface area contributed by atoms with E-state index < -0.39 is 0 Å². The van der Waals surface area contributed by atoms with Gasteiger partial charge in [0.05, 0.1) is 9.98 Å². The van der Waals surface area contributed by atoms with E-state index in [1.54, 1.807) is 11.3 Å². The van der Waals surface area contributed by atoms with Crippen LogP contribution < -0.4 is 5.32 Å². The molecule has 0 saturated carbocycles. The van der Waals surface area contributed by atoms with E-state index in [-0.39, 0.29) is 5.54 Å². The summed E-state index contributed by atoms with van der Waals surface area (Å²) in [6.07, 6.45) is 1.84. The van der Waals surface area contributed by atoms with E-state index in [9.17, 15) is 0 Å². The lowest BCUT2D eigenvalue weighted by Gasteiger charge is -2.19. The molecule has 0 bridgehead atoms. The third kappa shape index (κ3) is 3.65. The van der Waals surface area contributed by atoms with Crippen molar-refractivity contribution in [1.29, 1.82) is 0 Å². The highest BCUT2D eigenvalue weighted by Gasteiger charge is 2.09. The summed E-state index contributed by atoms with van der Waals surface area (Å²) in [5.41, 5.74) is 0.165. The van der Waals surface area contributed by atoms with Crippen LogP contribution in [0.3, 0.4) is 0 Å². The molecule has 1 aromatic heterocycles. The molecule has 0 aliphatic rings. The molecule has 12 heavy (non-hydrogen) atoms. The highest BCUT2D eigenvalue weighted by atomic mass is 79.9. The number of rotatable bonds is 2. The Kier molecular flexibility index (Phi) is 3.26. The summed E-state index contributed by atoms with van der Waals surface area (Å²) < 4.78 is 1.09. The van der Waals surface area contributed by atoms with E-state index in [2.05, 4.69) is 47.0 Å². The molecule has 68 valence electrons. The lowest BCUT2D eigenvalue weighted by atomic mass is 10.1. The van der Waals surface area contributed by atoms with Crippen LogP contribution in [0.5, 0.6) is 0 Å². The van der Waals surface area contributed by atoms with Crippen LogP contribution in [0.2, 0.25) is 0 Å². The Bertz CT molecular complexity index is 252. The minimum absolute atomic E-state index is 0.165. The van der Waals surface area contributed by atoms with E-state index >= 15 is 0 Å². The fraction of sp³-hybridized carbons (Fsp3) is 0.625. The highest BCUT2D eigenvalue weighted by Crippen LogP contribution is 2.19. The molecule has 0 unspecified atom stereocenters. The number of hydrogen-bond donors (Lipinski definition) is 1. The van der Waals surface area contributed by atoms with Crippen LogP contribution in [-0.4, -0.2) is 10.5 Å². The molecule has 0 saturated heterocycles. The fourth-order valence-corrected chi connectivity index (χ4v) is 1.95. The molecule has 0 amide bonds. The lowest BCUT2D eigenvalue weighted by molar-refractivity contribution is 0.424. The third-order valence-corrected chi connectivity index (χ3v) is 2.77. The molecule has 0 aliphatic carbocycles. The van der Waals surface area contributed by atoms with Crippen LogP contribution in [0, 0.1) is 0 Å². The van der Waals surface area contributed by atoms with Crippen molar-refractivity contribution >= 4 is 27.3 Å². The SMILES string of the molecule is CC(C)(C)NCc1ncc(Br)s1. The predicted octanol–water partition coefficient (Wildman–Crippen LogP) is 2.79. The normalized spacial score (nSPS) is 12.0.